The van der Waals surface area contributed by atoms with Crippen molar-refractivity contribution in [1.29, 1.82) is 0 Å². The second-order valence-corrected chi connectivity index (χ2v) is 5.99. The van der Waals surface area contributed by atoms with Crippen LogP contribution < -0.4 is 0 Å². The van der Waals surface area contributed by atoms with Gasteiger partial charge in [-0.2, -0.15) is 0 Å². The van der Waals surface area contributed by atoms with Crippen LogP contribution in [0.4, 0.5) is 8.78 Å². The summed E-state index contributed by atoms with van der Waals surface area (Å²) in [5, 5.41) is 0. The van der Waals surface area contributed by atoms with Crippen LogP contribution in [-0.2, 0) is 12.8 Å². The Morgan fingerprint density at radius 1 is 0.857 bits per heavy atom. The molecule has 0 N–H and O–H groups in total. The van der Waals surface area contributed by atoms with Gasteiger partial charge in [-0.05, 0) is 72.6 Å². The number of rotatable bonds is 4. The van der Waals surface area contributed by atoms with Gasteiger partial charge in [0.1, 0.15) is 11.6 Å². The fourth-order valence-electron chi connectivity index (χ4n) is 2.82. The largest absolute Gasteiger partial charge is 0.207 e. The molecule has 112 valence electrons. The average Bonchev–Trinajstić information content (AvgIpc) is 2.41. The summed E-state index contributed by atoms with van der Waals surface area (Å²) in [5.41, 5.74) is 4.50. The van der Waals surface area contributed by atoms with E-state index in [0.717, 1.165) is 22.3 Å². The van der Waals surface area contributed by atoms with Crippen molar-refractivity contribution in [1.82, 2.24) is 0 Å². The van der Waals surface area contributed by atoms with E-state index in [-0.39, 0.29) is 17.6 Å². The smallest absolute Gasteiger partial charge is 0.130 e. The summed E-state index contributed by atoms with van der Waals surface area (Å²) in [6.45, 7) is 7.91. The van der Waals surface area contributed by atoms with Crippen LogP contribution >= 0.6 is 0 Å². The van der Waals surface area contributed by atoms with Crippen LogP contribution in [0.25, 0.3) is 0 Å². The molecule has 0 saturated heterocycles. The summed E-state index contributed by atoms with van der Waals surface area (Å²) in [7, 11) is 0. The van der Waals surface area contributed by atoms with Crippen molar-refractivity contribution in [2.24, 2.45) is 0 Å². The molecule has 0 heterocycles. The average molecular weight is 288 g/mol. The molecule has 0 spiro atoms. The number of hydrogen-bond acceptors (Lipinski definition) is 0. The van der Waals surface area contributed by atoms with Crippen molar-refractivity contribution in [3.8, 4) is 0 Å². The van der Waals surface area contributed by atoms with Gasteiger partial charge in [-0.1, -0.05) is 32.0 Å². The predicted molar refractivity (Wildman–Crippen MR) is 83.8 cm³/mol. The van der Waals surface area contributed by atoms with E-state index in [4.69, 9.17) is 0 Å². The van der Waals surface area contributed by atoms with E-state index in [1.54, 1.807) is 12.1 Å². The quantitative estimate of drug-likeness (QED) is 0.698. The maximum atomic E-state index is 14.6. The minimum atomic E-state index is -0.233. The first kappa shape index (κ1) is 15.7. The van der Waals surface area contributed by atoms with Gasteiger partial charge in [-0.15, -0.1) is 0 Å². The molecule has 0 bridgehead atoms. The van der Waals surface area contributed by atoms with E-state index >= 15 is 0 Å². The molecule has 0 aromatic heterocycles. The third-order valence-corrected chi connectivity index (χ3v) is 4.03. The fourth-order valence-corrected chi connectivity index (χ4v) is 2.82. The molecular formula is C19H22F2. The zero-order chi connectivity index (χ0) is 15.6. The van der Waals surface area contributed by atoms with E-state index in [0.29, 0.717) is 18.4 Å². The predicted octanol–water partition coefficient (Wildman–Crippen LogP) is 5.49. The summed E-state index contributed by atoms with van der Waals surface area (Å²) in [5.74, 6) is -0.164. The Morgan fingerprint density at radius 3 is 2.14 bits per heavy atom. The molecule has 21 heavy (non-hydrogen) atoms. The molecule has 0 nitrogen and oxygen atoms in total. The fraction of sp³-hybridized carbons (Fsp3) is 0.368. The van der Waals surface area contributed by atoms with Crippen molar-refractivity contribution in [3.63, 3.8) is 0 Å². The number of benzene rings is 2. The summed E-state index contributed by atoms with van der Waals surface area (Å²) in [6, 6.07) is 8.61. The van der Waals surface area contributed by atoms with E-state index < -0.39 is 0 Å². The Morgan fingerprint density at radius 2 is 1.48 bits per heavy atom. The number of halogens is 2. The highest BCUT2D eigenvalue weighted by Crippen LogP contribution is 2.26. The van der Waals surface area contributed by atoms with E-state index in [1.165, 1.54) is 6.07 Å². The standard InChI is InChI=1S/C19H22F2/c1-12(2)18-14(4)5-7-15(19(18)21)8-9-16-11-17(20)10-6-13(16)3/h5-7,10-12H,8-9H2,1-4H3. The van der Waals surface area contributed by atoms with Crippen LogP contribution in [0.3, 0.4) is 0 Å². The Hall–Kier alpha value is -1.70. The summed E-state index contributed by atoms with van der Waals surface area (Å²) >= 11 is 0. The van der Waals surface area contributed by atoms with Crippen LogP contribution in [0, 0.1) is 25.5 Å². The van der Waals surface area contributed by atoms with Gasteiger partial charge in [0.05, 0.1) is 0 Å². The zero-order valence-electron chi connectivity index (χ0n) is 13.1. The number of aryl methyl sites for hydroxylation is 4. The maximum absolute atomic E-state index is 14.6. The van der Waals surface area contributed by atoms with Gasteiger partial charge in [-0.3, -0.25) is 0 Å². The summed E-state index contributed by atoms with van der Waals surface area (Å²) < 4.78 is 27.9. The molecule has 2 aromatic carbocycles. The SMILES string of the molecule is Cc1ccc(F)cc1CCc1ccc(C)c(C(C)C)c1F. The van der Waals surface area contributed by atoms with E-state index in [9.17, 15) is 8.78 Å². The molecular weight excluding hydrogens is 266 g/mol. The zero-order valence-corrected chi connectivity index (χ0v) is 13.1. The molecule has 0 saturated carbocycles. The van der Waals surface area contributed by atoms with E-state index in [2.05, 4.69) is 0 Å². The van der Waals surface area contributed by atoms with Crippen molar-refractivity contribution in [2.75, 3.05) is 0 Å². The van der Waals surface area contributed by atoms with Gasteiger partial charge in [0.2, 0.25) is 0 Å². The van der Waals surface area contributed by atoms with Crippen LogP contribution in [0.15, 0.2) is 30.3 Å². The normalized spacial score (nSPS) is 11.2. The van der Waals surface area contributed by atoms with Crippen LogP contribution in [-0.4, -0.2) is 0 Å². The van der Waals surface area contributed by atoms with Gasteiger partial charge in [-0.25, -0.2) is 8.78 Å². The van der Waals surface area contributed by atoms with Crippen molar-refractivity contribution < 1.29 is 8.78 Å². The molecule has 0 aliphatic rings. The van der Waals surface area contributed by atoms with Crippen molar-refractivity contribution >= 4 is 0 Å². The first-order valence-electron chi connectivity index (χ1n) is 7.43. The van der Waals surface area contributed by atoms with Gasteiger partial charge in [0, 0.05) is 0 Å². The molecule has 2 heteroatoms. The lowest BCUT2D eigenvalue weighted by Gasteiger charge is -2.15. The molecule has 0 aliphatic heterocycles. The molecule has 0 fully saturated rings. The lowest BCUT2D eigenvalue weighted by atomic mass is 9.92. The maximum Gasteiger partial charge on any atom is 0.130 e. The Kier molecular flexibility index (Phi) is 4.76. The first-order chi connectivity index (χ1) is 9.90. The minimum absolute atomic E-state index is 0.0981. The van der Waals surface area contributed by atoms with Crippen LogP contribution in [0.1, 0.15) is 47.6 Å². The van der Waals surface area contributed by atoms with Gasteiger partial charge in [0.25, 0.3) is 0 Å². The number of hydrogen-bond donors (Lipinski definition) is 0. The second-order valence-electron chi connectivity index (χ2n) is 5.99. The summed E-state index contributed by atoms with van der Waals surface area (Å²) in [6.07, 6.45) is 1.25. The topological polar surface area (TPSA) is 0 Å². The molecule has 0 unspecified atom stereocenters. The second kappa shape index (κ2) is 6.38. The van der Waals surface area contributed by atoms with Crippen LogP contribution in [0.2, 0.25) is 0 Å². The molecule has 0 aliphatic carbocycles. The Labute approximate surface area is 125 Å². The monoisotopic (exact) mass is 288 g/mol. The van der Waals surface area contributed by atoms with E-state index in [1.807, 2.05) is 39.8 Å². The highest BCUT2D eigenvalue weighted by molar-refractivity contribution is 5.36. The minimum Gasteiger partial charge on any atom is -0.207 e. The van der Waals surface area contributed by atoms with Gasteiger partial charge < -0.3 is 0 Å². The Bertz CT molecular complexity index is 642. The van der Waals surface area contributed by atoms with Crippen molar-refractivity contribution in [3.05, 3.63) is 69.8 Å². The van der Waals surface area contributed by atoms with Crippen LogP contribution in [0.5, 0.6) is 0 Å². The molecule has 0 atom stereocenters. The molecule has 2 aromatic rings. The Balaban J connectivity index is 2.25. The van der Waals surface area contributed by atoms with Gasteiger partial charge >= 0.3 is 0 Å². The molecule has 0 amide bonds. The van der Waals surface area contributed by atoms with Gasteiger partial charge in [0.15, 0.2) is 0 Å². The third-order valence-electron chi connectivity index (χ3n) is 4.03. The highest BCUT2D eigenvalue weighted by Gasteiger charge is 2.14. The molecule has 2 rings (SSSR count). The third kappa shape index (κ3) is 3.49. The van der Waals surface area contributed by atoms with Crippen molar-refractivity contribution in [2.45, 2.75) is 46.5 Å². The molecule has 0 radical (unpaired) electrons. The lowest BCUT2D eigenvalue weighted by Crippen LogP contribution is -2.04. The lowest BCUT2D eigenvalue weighted by molar-refractivity contribution is 0.578. The highest BCUT2D eigenvalue weighted by atomic mass is 19.1. The first-order valence-corrected chi connectivity index (χ1v) is 7.43. The summed E-state index contributed by atoms with van der Waals surface area (Å²) in [4.78, 5) is 0.